The Bertz CT molecular complexity index is 1080. The highest BCUT2D eigenvalue weighted by atomic mass is 35.5. The first-order valence-corrected chi connectivity index (χ1v) is 13.7. The molecule has 0 unspecified atom stereocenters. The van der Waals surface area contributed by atoms with Gasteiger partial charge in [-0.1, -0.05) is 35.3 Å². The molecule has 1 aliphatic rings. The SMILES string of the molecule is CCOc1ccc(CNC(=O)C2CCN(S(=O)(=O)Cc3c(Cl)cccc3Cl)CC2)cc1OCC. The summed E-state index contributed by atoms with van der Waals surface area (Å²) >= 11 is 12.3. The molecule has 2 aromatic carbocycles. The Morgan fingerprint density at radius 3 is 2.26 bits per heavy atom. The zero-order valence-corrected chi connectivity index (χ0v) is 21.7. The third-order valence-electron chi connectivity index (χ3n) is 5.68. The van der Waals surface area contributed by atoms with Gasteiger partial charge in [0.1, 0.15) is 0 Å². The van der Waals surface area contributed by atoms with E-state index < -0.39 is 10.0 Å². The van der Waals surface area contributed by atoms with Crippen molar-refractivity contribution in [3.05, 3.63) is 57.6 Å². The summed E-state index contributed by atoms with van der Waals surface area (Å²) in [7, 11) is -3.60. The van der Waals surface area contributed by atoms with Gasteiger partial charge in [-0.05, 0) is 56.5 Å². The van der Waals surface area contributed by atoms with Gasteiger partial charge in [0.25, 0.3) is 0 Å². The molecule has 0 radical (unpaired) electrons. The number of hydrogen-bond donors (Lipinski definition) is 1. The van der Waals surface area contributed by atoms with Gasteiger partial charge in [-0.2, -0.15) is 0 Å². The molecule has 2 aromatic rings. The van der Waals surface area contributed by atoms with Crippen molar-refractivity contribution < 1.29 is 22.7 Å². The predicted octanol–water partition coefficient (Wildman–Crippen LogP) is 4.65. The van der Waals surface area contributed by atoms with Crippen LogP contribution in [0.3, 0.4) is 0 Å². The summed E-state index contributed by atoms with van der Waals surface area (Å²) in [6.07, 6.45) is 0.906. The monoisotopic (exact) mass is 528 g/mol. The number of rotatable bonds is 10. The van der Waals surface area contributed by atoms with Crippen molar-refractivity contribution in [1.29, 1.82) is 0 Å². The number of carbonyl (C=O) groups is 1. The Labute approximate surface area is 211 Å². The summed E-state index contributed by atoms with van der Waals surface area (Å²) in [6.45, 7) is 5.77. The van der Waals surface area contributed by atoms with Gasteiger partial charge in [0, 0.05) is 41.2 Å². The van der Waals surface area contributed by atoms with Crippen molar-refractivity contribution >= 4 is 39.1 Å². The van der Waals surface area contributed by atoms with Gasteiger partial charge in [-0.25, -0.2) is 12.7 Å². The molecule has 186 valence electrons. The number of hydrogen-bond acceptors (Lipinski definition) is 5. The van der Waals surface area contributed by atoms with Crippen molar-refractivity contribution in [1.82, 2.24) is 9.62 Å². The Morgan fingerprint density at radius 2 is 1.65 bits per heavy atom. The summed E-state index contributed by atoms with van der Waals surface area (Å²) in [5.41, 5.74) is 1.30. The first kappa shape index (κ1) is 26.6. The molecule has 1 amide bonds. The summed E-state index contributed by atoms with van der Waals surface area (Å²) in [5.74, 6) is 0.726. The fourth-order valence-electron chi connectivity index (χ4n) is 3.88. The number of nitrogens with zero attached hydrogens (tertiary/aromatic N) is 1. The van der Waals surface area contributed by atoms with Gasteiger partial charge in [0.15, 0.2) is 11.5 Å². The van der Waals surface area contributed by atoms with Crippen LogP contribution in [0.2, 0.25) is 10.0 Å². The number of piperidine rings is 1. The molecule has 1 aliphatic heterocycles. The molecule has 34 heavy (non-hydrogen) atoms. The van der Waals surface area contributed by atoms with E-state index in [-0.39, 0.29) is 30.7 Å². The van der Waals surface area contributed by atoms with Crippen molar-refractivity contribution in [2.24, 2.45) is 5.92 Å². The largest absolute Gasteiger partial charge is 0.490 e. The van der Waals surface area contributed by atoms with Crippen LogP contribution in [0.4, 0.5) is 0 Å². The number of carbonyl (C=O) groups excluding carboxylic acids is 1. The molecular weight excluding hydrogens is 499 g/mol. The van der Waals surface area contributed by atoms with E-state index in [2.05, 4.69) is 5.32 Å². The fraction of sp³-hybridized carbons (Fsp3) is 0.458. The summed E-state index contributed by atoms with van der Waals surface area (Å²) in [5, 5.41) is 3.61. The molecule has 0 aliphatic carbocycles. The molecule has 0 atom stereocenters. The Morgan fingerprint density at radius 1 is 1.03 bits per heavy atom. The van der Waals surface area contributed by atoms with E-state index in [1.807, 2.05) is 32.0 Å². The van der Waals surface area contributed by atoms with E-state index in [4.69, 9.17) is 32.7 Å². The zero-order chi connectivity index (χ0) is 24.7. The molecular formula is C24H30Cl2N2O5S. The molecule has 1 fully saturated rings. The van der Waals surface area contributed by atoms with Crippen molar-refractivity contribution in [2.45, 2.75) is 39.0 Å². The zero-order valence-electron chi connectivity index (χ0n) is 19.4. The molecule has 1 N–H and O–H groups in total. The first-order chi connectivity index (χ1) is 16.2. The standard InChI is InChI=1S/C24H30Cl2N2O5S/c1-3-32-22-9-8-17(14-23(22)33-4-2)15-27-24(29)18-10-12-28(13-11-18)34(30,31)16-19-20(25)6-5-7-21(19)26/h5-9,14,18H,3-4,10-13,15-16H2,1-2H3,(H,27,29). The van der Waals surface area contributed by atoms with Crippen molar-refractivity contribution in [3.8, 4) is 11.5 Å². The number of nitrogens with one attached hydrogen (secondary N) is 1. The van der Waals surface area contributed by atoms with Crippen LogP contribution in [0.5, 0.6) is 11.5 Å². The van der Waals surface area contributed by atoms with Gasteiger partial charge in [-0.15, -0.1) is 0 Å². The van der Waals surface area contributed by atoms with E-state index in [1.165, 1.54) is 4.31 Å². The molecule has 0 spiro atoms. The topological polar surface area (TPSA) is 84.9 Å². The van der Waals surface area contributed by atoms with Gasteiger partial charge in [-0.3, -0.25) is 4.79 Å². The minimum absolute atomic E-state index is 0.0851. The lowest BCUT2D eigenvalue weighted by Gasteiger charge is -2.30. The molecule has 3 rings (SSSR count). The van der Waals surface area contributed by atoms with Crippen LogP contribution in [0.1, 0.15) is 37.8 Å². The lowest BCUT2D eigenvalue weighted by molar-refractivity contribution is -0.126. The van der Waals surface area contributed by atoms with Crippen LogP contribution in [0.25, 0.3) is 0 Å². The molecule has 0 saturated carbocycles. The number of sulfonamides is 1. The number of ether oxygens (including phenoxy) is 2. The minimum Gasteiger partial charge on any atom is -0.490 e. The van der Waals surface area contributed by atoms with Crippen LogP contribution >= 0.6 is 23.2 Å². The second kappa shape index (κ2) is 12.1. The summed E-state index contributed by atoms with van der Waals surface area (Å²) in [4.78, 5) is 12.7. The number of amides is 1. The van der Waals surface area contributed by atoms with E-state index >= 15 is 0 Å². The average Bonchev–Trinajstić information content (AvgIpc) is 2.82. The van der Waals surface area contributed by atoms with Crippen molar-refractivity contribution in [3.63, 3.8) is 0 Å². The van der Waals surface area contributed by atoms with E-state index in [1.54, 1.807) is 18.2 Å². The van der Waals surface area contributed by atoms with E-state index in [0.717, 1.165) is 5.56 Å². The highest BCUT2D eigenvalue weighted by Gasteiger charge is 2.32. The smallest absolute Gasteiger partial charge is 0.223 e. The summed E-state index contributed by atoms with van der Waals surface area (Å²) in [6, 6.07) is 10.5. The fourth-order valence-corrected chi connectivity index (χ4v) is 6.19. The number of benzene rings is 2. The second-order valence-corrected chi connectivity index (χ2v) is 10.8. The van der Waals surface area contributed by atoms with Crippen LogP contribution in [-0.2, 0) is 27.1 Å². The maximum atomic E-state index is 12.9. The molecule has 10 heteroatoms. The Kier molecular flexibility index (Phi) is 9.47. The van der Waals surface area contributed by atoms with Gasteiger partial charge in [0.2, 0.25) is 15.9 Å². The Hall–Kier alpha value is -2.00. The van der Waals surface area contributed by atoms with E-state index in [0.29, 0.717) is 59.7 Å². The number of halogens is 2. The van der Waals surface area contributed by atoms with E-state index in [9.17, 15) is 13.2 Å². The Balaban J connectivity index is 1.54. The lowest BCUT2D eigenvalue weighted by atomic mass is 9.97. The van der Waals surface area contributed by atoms with Gasteiger partial charge < -0.3 is 14.8 Å². The third-order valence-corrected chi connectivity index (χ3v) is 8.19. The van der Waals surface area contributed by atoms with Gasteiger partial charge in [0.05, 0.1) is 19.0 Å². The van der Waals surface area contributed by atoms with Crippen LogP contribution in [0.15, 0.2) is 36.4 Å². The normalized spacial score (nSPS) is 15.2. The highest BCUT2D eigenvalue weighted by Crippen LogP contribution is 2.30. The van der Waals surface area contributed by atoms with Crippen LogP contribution in [0, 0.1) is 5.92 Å². The molecule has 1 heterocycles. The summed E-state index contributed by atoms with van der Waals surface area (Å²) < 4.78 is 38.4. The molecule has 1 saturated heterocycles. The lowest BCUT2D eigenvalue weighted by Crippen LogP contribution is -2.43. The van der Waals surface area contributed by atoms with Crippen LogP contribution < -0.4 is 14.8 Å². The average molecular weight is 529 g/mol. The third kappa shape index (κ3) is 6.78. The molecule has 0 bridgehead atoms. The molecule has 7 nitrogen and oxygen atoms in total. The quantitative estimate of drug-likeness (QED) is 0.485. The van der Waals surface area contributed by atoms with Crippen LogP contribution in [-0.4, -0.2) is 44.9 Å². The van der Waals surface area contributed by atoms with Crippen molar-refractivity contribution in [2.75, 3.05) is 26.3 Å². The second-order valence-electron chi connectivity index (χ2n) is 7.99. The first-order valence-electron chi connectivity index (χ1n) is 11.3. The highest BCUT2D eigenvalue weighted by molar-refractivity contribution is 7.88. The predicted molar refractivity (Wildman–Crippen MR) is 134 cm³/mol. The maximum absolute atomic E-state index is 12.9. The maximum Gasteiger partial charge on any atom is 0.223 e. The van der Waals surface area contributed by atoms with Gasteiger partial charge >= 0.3 is 0 Å². The molecule has 0 aromatic heterocycles. The minimum atomic E-state index is -3.60.